The number of benzene rings is 1. The van der Waals surface area contributed by atoms with Gasteiger partial charge in [-0.25, -0.2) is 9.59 Å². The smallest absolute Gasteiger partial charge is 0.328 e. The van der Waals surface area contributed by atoms with Gasteiger partial charge in [0.15, 0.2) is 0 Å². The Labute approximate surface area is 115 Å². The number of rotatable bonds is 3. The van der Waals surface area contributed by atoms with Gasteiger partial charge in [-0.15, -0.1) is 0 Å². The van der Waals surface area contributed by atoms with Crippen LogP contribution in [-0.4, -0.2) is 35.1 Å². The maximum absolute atomic E-state index is 11.7. The Morgan fingerprint density at radius 2 is 1.90 bits per heavy atom. The summed E-state index contributed by atoms with van der Waals surface area (Å²) in [5.74, 6) is -0.510. The van der Waals surface area contributed by atoms with Gasteiger partial charge in [-0.3, -0.25) is 9.97 Å². The van der Waals surface area contributed by atoms with Crippen molar-refractivity contribution >= 4 is 28.7 Å². The number of urea groups is 1. The average Bonchev–Trinajstić information content (AvgIpc) is 2.46. The fourth-order valence-corrected chi connectivity index (χ4v) is 1.64. The van der Waals surface area contributed by atoms with Crippen molar-refractivity contribution in [2.75, 3.05) is 12.4 Å². The van der Waals surface area contributed by atoms with Crippen LogP contribution >= 0.6 is 0 Å². The summed E-state index contributed by atoms with van der Waals surface area (Å²) in [7, 11) is 1.26. The van der Waals surface area contributed by atoms with Crippen LogP contribution in [0.1, 0.15) is 6.92 Å². The Morgan fingerprint density at radius 1 is 1.20 bits per heavy atom. The second-order valence-electron chi connectivity index (χ2n) is 4.10. The predicted molar refractivity (Wildman–Crippen MR) is 73.2 cm³/mol. The molecule has 1 aromatic heterocycles. The maximum Gasteiger partial charge on any atom is 0.328 e. The number of nitrogens with one attached hydrogen (secondary N) is 2. The van der Waals surface area contributed by atoms with E-state index in [0.717, 1.165) is 5.52 Å². The van der Waals surface area contributed by atoms with Gasteiger partial charge in [-0.1, -0.05) is 0 Å². The second-order valence-corrected chi connectivity index (χ2v) is 4.10. The van der Waals surface area contributed by atoms with E-state index >= 15 is 0 Å². The van der Waals surface area contributed by atoms with Gasteiger partial charge >= 0.3 is 12.0 Å². The predicted octanol–water partition coefficient (Wildman–Crippen LogP) is 1.31. The van der Waals surface area contributed by atoms with E-state index in [1.807, 2.05) is 0 Å². The van der Waals surface area contributed by atoms with Gasteiger partial charge in [-0.2, -0.15) is 0 Å². The fraction of sp³-hybridized carbons (Fsp3) is 0.231. The molecule has 20 heavy (non-hydrogen) atoms. The van der Waals surface area contributed by atoms with Crippen LogP contribution in [0.25, 0.3) is 11.0 Å². The lowest BCUT2D eigenvalue weighted by atomic mass is 10.2. The number of aromatic nitrogens is 2. The van der Waals surface area contributed by atoms with Crippen molar-refractivity contribution in [2.45, 2.75) is 13.0 Å². The Morgan fingerprint density at radius 3 is 2.60 bits per heavy atom. The molecule has 7 nitrogen and oxygen atoms in total. The number of carbonyl (C=O) groups is 2. The number of nitrogens with zero attached hydrogens (tertiary/aromatic N) is 2. The SMILES string of the molecule is COC(=O)C(C)NC(=O)Nc1ccc2nccnc2c1. The number of anilines is 1. The topological polar surface area (TPSA) is 93.2 Å². The minimum atomic E-state index is -0.722. The summed E-state index contributed by atoms with van der Waals surface area (Å²) in [5.41, 5.74) is 1.97. The Balaban J connectivity index is 2.04. The summed E-state index contributed by atoms with van der Waals surface area (Å²) in [4.78, 5) is 31.2. The van der Waals surface area contributed by atoms with Crippen molar-refractivity contribution in [3.05, 3.63) is 30.6 Å². The summed E-state index contributed by atoms with van der Waals surface area (Å²) in [6, 6.07) is 3.94. The largest absolute Gasteiger partial charge is 0.467 e. The van der Waals surface area contributed by atoms with E-state index < -0.39 is 18.0 Å². The lowest BCUT2D eigenvalue weighted by Crippen LogP contribution is -2.41. The summed E-state index contributed by atoms with van der Waals surface area (Å²) in [6.07, 6.45) is 3.17. The van der Waals surface area contributed by atoms with E-state index in [2.05, 4.69) is 25.3 Å². The third kappa shape index (κ3) is 3.19. The first-order valence-electron chi connectivity index (χ1n) is 5.96. The first-order valence-corrected chi connectivity index (χ1v) is 5.96. The summed E-state index contributed by atoms with van der Waals surface area (Å²) < 4.78 is 4.52. The van der Waals surface area contributed by atoms with Crippen molar-refractivity contribution in [3.8, 4) is 0 Å². The molecule has 0 aliphatic carbocycles. The number of hydrogen-bond acceptors (Lipinski definition) is 5. The van der Waals surface area contributed by atoms with Crippen molar-refractivity contribution in [2.24, 2.45) is 0 Å². The fourth-order valence-electron chi connectivity index (χ4n) is 1.64. The molecule has 2 rings (SSSR count). The van der Waals surface area contributed by atoms with E-state index in [1.165, 1.54) is 14.0 Å². The number of fused-ring (bicyclic) bond motifs is 1. The van der Waals surface area contributed by atoms with Gasteiger partial charge in [0, 0.05) is 18.1 Å². The summed E-state index contributed by atoms with van der Waals surface area (Å²) in [5, 5.41) is 5.08. The number of methoxy groups -OCH3 is 1. The molecule has 104 valence electrons. The molecule has 1 heterocycles. The second kappa shape index (κ2) is 5.96. The van der Waals surface area contributed by atoms with Crippen LogP contribution in [0.5, 0.6) is 0 Å². The van der Waals surface area contributed by atoms with Crippen LogP contribution in [0, 0.1) is 0 Å². The maximum atomic E-state index is 11.7. The van der Waals surface area contributed by atoms with E-state index in [-0.39, 0.29) is 0 Å². The summed E-state index contributed by atoms with van der Waals surface area (Å²) in [6.45, 7) is 1.54. The van der Waals surface area contributed by atoms with Crippen LogP contribution in [0.4, 0.5) is 10.5 Å². The molecule has 2 aromatic rings. The summed E-state index contributed by atoms with van der Waals surface area (Å²) >= 11 is 0. The highest BCUT2D eigenvalue weighted by atomic mass is 16.5. The number of hydrogen-bond donors (Lipinski definition) is 2. The molecule has 0 spiro atoms. The number of ether oxygens (including phenoxy) is 1. The highest BCUT2D eigenvalue weighted by Crippen LogP contribution is 2.14. The number of amides is 2. The molecule has 1 aromatic carbocycles. The highest BCUT2D eigenvalue weighted by Gasteiger charge is 2.15. The van der Waals surface area contributed by atoms with Crippen LogP contribution < -0.4 is 10.6 Å². The molecule has 0 saturated heterocycles. The lowest BCUT2D eigenvalue weighted by Gasteiger charge is -2.12. The van der Waals surface area contributed by atoms with Crippen LogP contribution in [0.15, 0.2) is 30.6 Å². The van der Waals surface area contributed by atoms with E-state index in [4.69, 9.17) is 0 Å². The third-order valence-corrected chi connectivity index (χ3v) is 2.63. The molecule has 0 fully saturated rings. The molecule has 1 unspecified atom stereocenters. The van der Waals surface area contributed by atoms with Crippen LogP contribution in [0.3, 0.4) is 0 Å². The monoisotopic (exact) mass is 274 g/mol. The molecule has 0 aliphatic rings. The van der Waals surface area contributed by atoms with Gasteiger partial charge in [0.25, 0.3) is 0 Å². The molecule has 0 bridgehead atoms. The molecule has 0 saturated carbocycles. The molecule has 1 atom stereocenters. The first kappa shape index (κ1) is 13.7. The zero-order valence-corrected chi connectivity index (χ0v) is 11.1. The van der Waals surface area contributed by atoms with E-state index in [0.29, 0.717) is 11.2 Å². The Hall–Kier alpha value is -2.70. The van der Waals surface area contributed by atoms with Crippen molar-refractivity contribution < 1.29 is 14.3 Å². The zero-order valence-electron chi connectivity index (χ0n) is 11.1. The Kier molecular flexibility index (Phi) is 4.09. The van der Waals surface area contributed by atoms with Crippen LogP contribution in [0.2, 0.25) is 0 Å². The zero-order chi connectivity index (χ0) is 14.5. The van der Waals surface area contributed by atoms with Crippen molar-refractivity contribution in [1.82, 2.24) is 15.3 Å². The van der Waals surface area contributed by atoms with Gasteiger partial charge in [0.2, 0.25) is 0 Å². The average molecular weight is 274 g/mol. The molecular formula is C13H14N4O3. The van der Waals surface area contributed by atoms with Gasteiger partial charge < -0.3 is 15.4 Å². The van der Waals surface area contributed by atoms with Crippen LogP contribution in [-0.2, 0) is 9.53 Å². The first-order chi connectivity index (χ1) is 9.60. The molecule has 0 aliphatic heterocycles. The third-order valence-electron chi connectivity index (χ3n) is 2.63. The Bertz CT molecular complexity index is 644. The van der Waals surface area contributed by atoms with Crippen molar-refractivity contribution in [3.63, 3.8) is 0 Å². The standard InChI is InChI=1S/C13H14N4O3/c1-8(12(18)20-2)16-13(19)17-9-3-4-10-11(7-9)15-6-5-14-10/h3-8H,1-2H3,(H2,16,17,19). The molecule has 7 heteroatoms. The highest BCUT2D eigenvalue weighted by molar-refractivity contribution is 5.94. The van der Waals surface area contributed by atoms with Gasteiger partial charge in [0.05, 0.1) is 18.1 Å². The van der Waals surface area contributed by atoms with Gasteiger partial charge in [0.1, 0.15) is 6.04 Å². The lowest BCUT2D eigenvalue weighted by molar-refractivity contribution is -0.142. The van der Waals surface area contributed by atoms with Gasteiger partial charge in [-0.05, 0) is 25.1 Å². The van der Waals surface area contributed by atoms with E-state index in [1.54, 1.807) is 30.6 Å². The van der Waals surface area contributed by atoms with Crippen molar-refractivity contribution in [1.29, 1.82) is 0 Å². The number of carbonyl (C=O) groups excluding carboxylic acids is 2. The molecule has 2 amide bonds. The molecule has 2 N–H and O–H groups in total. The molecule has 0 radical (unpaired) electrons. The molecular weight excluding hydrogens is 260 g/mol. The van der Waals surface area contributed by atoms with E-state index in [9.17, 15) is 9.59 Å². The quantitative estimate of drug-likeness (QED) is 0.823. The minimum absolute atomic E-state index is 0.494. The minimum Gasteiger partial charge on any atom is -0.467 e. The normalized spacial score (nSPS) is 11.7. The number of esters is 1.